The van der Waals surface area contributed by atoms with Crippen LogP contribution in [-0.2, 0) is 23.0 Å². The summed E-state index contributed by atoms with van der Waals surface area (Å²) < 4.78 is 0. The molecule has 0 aliphatic heterocycles. The molecule has 82 valence electrons. The number of carboxylic acid groups (broad SMARTS) is 1. The summed E-state index contributed by atoms with van der Waals surface area (Å²) in [6.45, 7) is 1.94. The van der Waals surface area contributed by atoms with E-state index >= 15 is 0 Å². The number of rotatable bonds is 4. The number of aryl methyl sites for hydroxylation is 1. The second-order valence-corrected chi connectivity index (χ2v) is 3.93. The molecule has 1 aromatic rings. The molecule has 0 atom stereocenters. The molecule has 0 saturated heterocycles. The zero-order valence-corrected chi connectivity index (χ0v) is 9.90. The smallest absolute Gasteiger partial charge is 0.307 e. The number of halogens is 2. The first-order valence-corrected chi connectivity index (χ1v) is 5.60. The van der Waals surface area contributed by atoms with Crippen LogP contribution in [0.4, 0.5) is 0 Å². The van der Waals surface area contributed by atoms with Crippen molar-refractivity contribution in [3.05, 3.63) is 34.4 Å². The largest absolute Gasteiger partial charge is 0.481 e. The first-order chi connectivity index (χ1) is 7.08. The second-order valence-electron chi connectivity index (χ2n) is 3.40. The number of benzene rings is 1. The van der Waals surface area contributed by atoms with Crippen LogP contribution in [0.5, 0.6) is 0 Å². The Balaban J connectivity index is 3.23. The monoisotopic (exact) mass is 246 g/mol. The molecular formula is C11H12Cl2O2. The number of alkyl halides is 2. The summed E-state index contributed by atoms with van der Waals surface area (Å²) in [5.41, 5.74) is 3.51. The van der Waals surface area contributed by atoms with Crippen LogP contribution in [-0.4, -0.2) is 11.1 Å². The Labute approximate surface area is 98.8 Å². The van der Waals surface area contributed by atoms with Gasteiger partial charge in [0.05, 0.1) is 6.42 Å². The fourth-order valence-electron chi connectivity index (χ4n) is 1.59. The highest BCUT2D eigenvalue weighted by Crippen LogP contribution is 2.21. The van der Waals surface area contributed by atoms with Gasteiger partial charge in [-0.2, -0.15) is 0 Å². The minimum absolute atomic E-state index is 0.0234. The Morgan fingerprint density at radius 1 is 1.27 bits per heavy atom. The predicted molar refractivity (Wildman–Crippen MR) is 61.6 cm³/mol. The Morgan fingerprint density at radius 3 is 2.07 bits per heavy atom. The van der Waals surface area contributed by atoms with Gasteiger partial charge in [0.25, 0.3) is 0 Å². The molecule has 4 heteroatoms. The molecule has 2 nitrogen and oxygen atoms in total. The first-order valence-electron chi connectivity index (χ1n) is 4.53. The van der Waals surface area contributed by atoms with Crippen LogP contribution >= 0.6 is 23.2 Å². The van der Waals surface area contributed by atoms with E-state index < -0.39 is 5.97 Å². The molecule has 0 bridgehead atoms. The van der Waals surface area contributed by atoms with Crippen molar-refractivity contribution in [3.63, 3.8) is 0 Å². The van der Waals surface area contributed by atoms with E-state index in [0.717, 1.165) is 22.3 Å². The molecule has 0 fully saturated rings. The maximum absolute atomic E-state index is 10.7. The van der Waals surface area contributed by atoms with Crippen molar-refractivity contribution in [2.45, 2.75) is 25.1 Å². The summed E-state index contributed by atoms with van der Waals surface area (Å²) >= 11 is 11.6. The normalized spacial score (nSPS) is 10.3. The van der Waals surface area contributed by atoms with E-state index in [0.29, 0.717) is 11.8 Å². The van der Waals surface area contributed by atoms with Crippen LogP contribution in [0.15, 0.2) is 12.1 Å². The molecule has 15 heavy (non-hydrogen) atoms. The van der Waals surface area contributed by atoms with Crippen molar-refractivity contribution in [2.75, 3.05) is 0 Å². The summed E-state index contributed by atoms with van der Waals surface area (Å²) in [7, 11) is 0. The highest BCUT2D eigenvalue weighted by atomic mass is 35.5. The Kier molecular flexibility index (Phi) is 4.43. The van der Waals surface area contributed by atoms with Crippen LogP contribution in [0.2, 0.25) is 0 Å². The number of aliphatic carboxylic acids is 1. The number of carboxylic acids is 1. The van der Waals surface area contributed by atoms with Gasteiger partial charge in [-0.15, -0.1) is 23.2 Å². The van der Waals surface area contributed by atoms with Gasteiger partial charge in [0.1, 0.15) is 0 Å². The van der Waals surface area contributed by atoms with Gasteiger partial charge in [-0.05, 0) is 23.6 Å². The highest BCUT2D eigenvalue weighted by Gasteiger charge is 2.11. The van der Waals surface area contributed by atoms with Gasteiger partial charge in [-0.3, -0.25) is 4.79 Å². The number of carbonyl (C=O) groups is 1. The molecule has 0 aliphatic carbocycles. The topological polar surface area (TPSA) is 37.3 Å². The Hall–Kier alpha value is -0.730. The average molecular weight is 247 g/mol. The fourth-order valence-corrected chi connectivity index (χ4v) is 2.07. The highest BCUT2D eigenvalue weighted by molar-refractivity contribution is 6.18. The van der Waals surface area contributed by atoms with Gasteiger partial charge in [0, 0.05) is 11.8 Å². The number of hydrogen-bond acceptors (Lipinski definition) is 1. The van der Waals surface area contributed by atoms with Crippen molar-refractivity contribution < 1.29 is 9.90 Å². The third kappa shape index (κ3) is 3.11. The minimum Gasteiger partial charge on any atom is -0.481 e. The Bertz CT molecular complexity index is 350. The molecule has 0 spiro atoms. The zero-order valence-electron chi connectivity index (χ0n) is 8.39. The van der Waals surface area contributed by atoms with E-state index in [1.807, 2.05) is 19.1 Å². The van der Waals surface area contributed by atoms with Gasteiger partial charge in [0.15, 0.2) is 0 Å². The Morgan fingerprint density at radius 2 is 1.73 bits per heavy atom. The lowest BCUT2D eigenvalue weighted by Gasteiger charge is -2.11. The summed E-state index contributed by atoms with van der Waals surface area (Å²) in [5.74, 6) is -0.237. The van der Waals surface area contributed by atoms with Crippen molar-refractivity contribution in [1.82, 2.24) is 0 Å². The van der Waals surface area contributed by atoms with E-state index in [-0.39, 0.29) is 6.42 Å². The summed E-state index contributed by atoms with van der Waals surface area (Å²) in [4.78, 5) is 10.7. The van der Waals surface area contributed by atoms with Crippen molar-refractivity contribution in [2.24, 2.45) is 0 Å². The summed E-state index contributed by atoms with van der Waals surface area (Å²) in [5, 5.41) is 8.79. The average Bonchev–Trinajstić information content (AvgIpc) is 2.19. The molecule has 1 aromatic carbocycles. The maximum Gasteiger partial charge on any atom is 0.307 e. The summed E-state index contributed by atoms with van der Waals surface area (Å²) in [6.07, 6.45) is -0.0234. The van der Waals surface area contributed by atoms with E-state index in [4.69, 9.17) is 28.3 Å². The third-order valence-corrected chi connectivity index (χ3v) is 2.77. The van der Waals surface area contributed by atoms with Gasteiger partial charge in [-0.1, -0.05) is 17.7 Å². The second kappa shape index (κ2) is 5.38. The minimum atomic E-state index is -0.864. The van der Waals surface area contributed by atoms with E-state index in [9.17, 15) is 4.79 Å². The lowest BCUT2D eigenvalue weighted by atomic mass is 9.97. The van der Waals surface area contributed by atoms with E-state index in [1.54, 1.807) is 0 Å². The van der Waals surface area contributed by atoms with Crippen LogP contribution in [0.3, 0.4) is 0 Å². The lowest BCUT2D eigenvalue weighted by molar-refractivity contribution is -0.136. The molecule has 1 rings (SSSR count). The van der Waals surface area contributed by atoms with Crippen LogP contribution in [0, 0.1) is 6.92 Å². The SMILES string of the molecule is Cc1cc(CCl)c(CC(=O)O)c(CCl)c1. The first kappa shape index (κ1) is 12.3. The third-order valence-electron chi connectivity index (χ3n) is 2.19. The molecule has 0 heterocycles. The summed E-state index contributed by atoms with van der Waals surface area (Å²) in [6, 6.07) is 3.81. The van der Waals surface area contributed by atoms with Crippen molar-refractivity contribution in [3.8, 4) is 0 Å². The molecule has 1 N–H and O–H groups in total. The maximum atomic E-state index is 10.7. The molecule has 0 unspecified atom stereocenters. The van der Waals surface area contributed by atoms with Crippen LogP contribution < -0.4 is 0 Å². The van der Waals surface area contributed by atoms with E-state index in [1.165, 1.54) is 0 Å². The van der Waals surface area contributed by atoms with Crippen LogP contribution in [0.25, 0.3) is 0 Å². The fraction of sp³-hybridized carbons (Fsp3) is 0.364. The van der Waals surface area contributed by atoms with E-state index in [2.05, 4.69) is 0 Å². The van der Waals surface area contributed by atoms with Gasteiger partial charge < -0.3 is 5.11 Å². The molecule has 0 radical (unpaired) electrons. The van der Waals surface area contributed by atoms with Crippen molar-refractivity contribution >= 4 is 29.2 Å². The molecule has 0 aromatic heterocycles. The van der Waals surface area contributed by atoms with Gasteiger partial charge >= 0.3 is 5.97 Å². The predicted octanol–water partition coefficient (Wildman–Crippen LogP) is 3.10. The van der Waals surface area contributed by atoms with Crippen molar-refractivity contribution in [1.29, 1.82) is 0 Å². The van der Waals surface area contributed by atoms with Gasteiger partial charge in [0.2, 0.25) is 0 Å². The molecule has 0 aliphatic rings. The van der Waals surface area contributed by atoms with Crippen LogP contribution in [0.1, 0.15) is 22.3 Å². The van der Waals surface area contributed by atoms with Gasteiger partial charge in [-0.25, -0.2) is 0 Å². The zero-order chi connectivity index (χ0) is 11.4. The standard InChI is InChI=1S/C11H12Cl2O2/c1-7-2-8(5-12)10(4-11(14)15)9(3-7)6-13/h2-3H,4-6H2,1H3,(H,14,15). The molecule has 0 amide bonds. The quantitative estimate of drug-likeness (QED) is 0.830. The number of hydrogen-bond donors (Lipinski definition) is 1. The molecule has 0 saturated carbocycles. The molecular weight excluding hydrogens is 235 g/mol. The lowest BCUT2D eigenvalue weighted by Crippen LogP contribution is -2.06.